The zero-order chi connectivity index (χ0) is 42.0. The summed E-state index contributed by atoms with van der Waals surface area (Å²) in [6.07, 6.45) is 54.5. The summed E-state index contributed by atoms with van der Waals surface area (Å²) in [5.41, 5.74) is 0. The molecular formula is C48H83NO7P+. The van der Waals surface area contributed by atoms with E-state index in [1.807, 2.05) is 21.1 Å². The maximum Gasteiger partial charge on any atom is 0.472 e. The second-order valence-electron chi connectivity index (χ2n) is 15.3. The van der Waals surface area contributed by atoms with E-state index in [1.165, 1.54) is 51.4 Å². The molecule has 0 aromatic rings. The number of carbonyl (C=O) groups is 1. The Bertz CT molecular complexity index is 1230. The van der Waals surface area contributed by atoms with Gasteiger partial charge in [0, 0.05) is 13.0 Å². The molecule has 0 aliphatic rings. The Hall–Kier alpha value is -2.58. The van der Waals surface area contributed by atoms with E-state index in [0.29, 0.717) is 24.1 Å². The molecule has 326 valence electrons. The molecule has 0 amide bonds. The molecule has 0 rings (SSSR count). The Labute approximate surface area is 349 Å². The first-order chi connectivity index (χ1) is 27.6. The van der Waals surface area contributed by atoms with Gasteiger partial charge in [-0.3, -0.25) is 13.8 Å². The van der Waals surface area contributed by atoms with Gasteiger partial charge in [-0.1, -0.05) is 150 Å². The van der Waals surface area contributed by atoms with Crippen molar-refractivity contribution in [1.82, 2.24) is 0 Å². The third-order valence-corrected chi connectivity index (χ3v) is 9.61. The number of carbonyl (C=O) groups excluding carboxylic acids is 1. The van der Waals surface area contributed by atoms with E-state index in [1.54, 1.807) is 0 Å². The van der Waals surface area contributed by atoms with Crippen molar-refractivity contribution < 1.29 is 37.3 Å². The summed E-state index contributed by atoms with van der Waals surface area (Å²) >= 11 is 0. The van der Waals surface area contributed by atoms with Crippen LogP contribution in [0, 0.1) is 0 Å². The van der Waals surface area contributed by atoms with Crippen LogP contribution in [0.25, 0.3) is 0 Å². The zero-order valence-corrected chi connectivity index (χ0v) is 37.7. The molecule has 0 aliphatic carbocycles. The van der Waals surface area contributed by atoms with Crippen LogP contribution in [0.3, 0.4) is 0 Å². The molecule has 0 saturated heterocycles. The lowest BCUT2D eigenvalue weighted by Crippen LogP contribution is -2.37. The van der Waals surface area contributed by atoms with E-state index < -0.39 is 13.9 Å². The second-order valence-corrected chi connectivity index (χ2v) is 16.8. The molecule has 57 heavy (non-hydrogen) atoms. The van der Waals surface area contributed by atoms with Crippen molar-refractivity contribution in [2.75, 3.05) is 54.1 Å². The topological polar surface area (TPSA) is 91.3 Å². The molecule has 0 radical (unpaired) electrons. The Morgan fingerprint density at radius 2 is 1.02 bits per heavy atom. The van der Waals surface area contributed by atoms with Crippen molar-refractivity contribution in [2.24, 2.45) is 0 Å². The van der Waals surface area contributed by atoms with Crippen LogP contribution in [-0.2, 0) is 27.9 Å². The second kappa shape index (κ2) is 40.2. The van der Waals surface area contributed by atoms with E-state index in [2.05, 4.69) is 111 Å². The predicted octanol–water partition coefficient (Wildman–Crippen LogP) is 13.0. The standard InChI is InChI=1S/C48H82NO7P/c1-6-8-10-12-14-16-18-20-21-22-23-24-25-26-27-28-29-30-31-33-35-37-39-41-48(50)56-47(46-55-57(51,52)54-44-42-49(3,4)5)45-53-43-40-38-36-34-32-19-17-15-13-11-9-7-2/h8,10,13-16,20-21,23-24,26-27,29-30,33,35,47H,6-7,9,11-12,17-19,22,25,28,31-32,34,36-46H2,1-5H3/p+1/b10-8-,15-13-,16-14-,21-20-,24-23-,27-26-,30-29-,35-33-. The molecule has 1 N–H and O–H groups in total. The van der Waals surface area contributed by atoms with Gasteiger partial charge in [0.25, 0.3) is 0 Å². The van der Waals surface area contributed by atoms with Gasteiger partial charge in [-0.25, -0.2) is 4.57 Å². The summed E-state index contributed by atoms with van der Waals surface area (Å²) in [5, 5.41) is 0. The number of nitrogens with zero attached hydrogens (tertiary/aromatic N) is 1. The Morgan fingerprint density at radius 1 is 0.561 bits per heavy atom. The van der Waals surface area contributed by atoms with Gasteiger partial charge < -0.3 is 18.9 Å². The molecule has 0 spiro atoms. The number of hydrogen-bond acceptors (Lipinski definition) is 6. The Balaban J connectivity index is 4.36. The summed E-state index contributed by atoms with van der Waals surface area (Å²) < 4.78 is 34.9. The van der Waals surface area contributed by atoms with E-state index >= 15 is 0 Å². The normalized spacial score (nSPS) is 14.7. The van der Waals surface area contributed by atoms with Crippen molar-refractivity contribution in [1.29, 1.82) is 0 Å². The number of quaternary nitrogens is 1. The summed E-state index contributed by atoms with van der Waals surface area (Å²) in [6, 6.07) is 0. The van der Waals surface area contributed by atoms with Gasteiger partial charge in [-0.05, 0) is 83.5 Å². The van der Waals surface area contributed by atoms with Crippen molar-refractivity contribution in [3.63, 3.8) is 0 Å². The van der Waals surface area contributed by atoms with Gasteiger partial charge in [-0.15, -0.1) is 0 Å². The number of likely N-dealkylation sites (N-methyl/N-ethyl adjacent to an activating group) is 1. The van der Waals surface area contributed by atoms with Crippen molar-refractivity contribution in [3.8, 4) is 0 Å². The number of ether oxygens (including phenoxy) is 2. The molecule has 8 nitrogen and oxygen atoms in total. The third-order valence-electron chi connectivity index (χ3n) is 8.63. The minimum atomic E-state index is -4.30. The SMILES string of the molecule is CC/C=C\C/C=C\C/C=C\C/C=C\C/C=C\C/C=C\C/C=C\CCCC(=O)OC(COCCCCCCCC/C=C\CCCC)COP(=O)(O)OCC[N+](C)(C)C. The molecule has 0 saturated carbocycles. The predicted molar refractivity (Wildman–Crippen MR) is 242 cm³/mol. The summed E-state index contributed by atoms with van der Waals surface area (Å²) in [5.74, 6) is -0.378. The summed E-state index contributed by atoms with van der Waals surface area (Å²) in [4.78, 5) is 22.9. The van der Waals surface area contributed by atoms with Gasteiger partial charge in [0.05, 0.1) is 34.4 Å². The average molecular weight is 817 g/mol. The van der Waals surface area contributed by atoms with Gasteiger partial charge in [0.15, 0.2) is 0 Å². The van der Waals surface area contributed by atoms with Crippen LogP contribution in [0.5, 0.6) is 0 Å². The largest absolute Gasteiger partial charge is 0.472 e. The smallest absolute Gasteiger partial charge is 0.457 e. The first kappa shape index (κ1) is 54.4. The van der Waals surface area contributed by atoms with Crippen LogP contribution in [-0.4, -0.2) is 75.6 Å². The van der Waals surface area contributed by atoms with E-state index in [4.69, 9.17) is 18.5 Å². The van der Waals surface area contributed by atoms with Crippen LogP contribution in [0.2, 0.25) is 0 Å². The average Bonchev–Trinajstić information content (AvgIpc) is 3.16. The van der Waals surface area contributed by atoms with Crippen molar-refractivity contribution in [3.05, 3.63) is 97.2 Å². The van der Waals surface area contributed by atoms with Crippen LogP contribution in [0.1, 0.15) is 142 Å². The first-order valence-electron chi connectivity index (χ1n) is 22.0. The summed E-state index contributed by atoms with van der Waals surface area (Å²) in [7, 11) is 1.61. The number of phosphoric acid groups is 1. The highest BCUT2D eigenvalue weighted by Crippen LogP contribution is 2.43. The quantitative estimate of drug-likeness (QED) is 0.0217. The minimum Gasteiger partial charge on any atom is -0.457 e. The fourth-order valence-corrected chi connectivity index (χ4v) is 5.97. The van der Waals surface area contributed by atoms with E-state index in [-0.39, 0.29) is 32.2 Å². The Morgan fingerprint density at radius 3 is 1.54 bits per heavy atom. The number of phosphoric ester groups is 1. The van der Waals surface area contributed by atoms with Crippen LogP contribution >= 0.6 is 7.82 Å². The molecular weight excluding hydrogens is 734 g/mol. The zero-order valence-electron chi connectivity index (χ0n) is 36.8. The fourth-order valence-electron chi connectivity index (χ4n) is 5.23. The maximum atomic E-state index is 12.7. The molecule has 0 heterocycles. The highest BCUT2D eigenvalue weighted by Gasteiger charge is 2.26. The summed E-state index contributed by atoms with van der Waals surface area (Å²) in [6.45, 7) is 5.34. The fraction of sp³-hybridized carbons (Fsp3) is 0.646. The van der Waals surface area contributed by atoms with E-state index in [0.717, 1.165) is 64.2 Å². The van der Waals surface area contributed by atoms with Crippen molar-refractivity contribution in [2.45, 2.75) is 148 Å². The lowest BCUT2D eigenvalue weighted by atomic mass is 10.1. The van der Waals surface area contributed by atoms with Crippen LogP contribution in [0.15, 0.2) is 97.2 Å². The van der Waals surface area contributed by atoms with Crippen LogP contribution in [0.4, 0.5) is 0 Å². The molecule has 9 heteroatoms. The number of unbranched alkanes of at least 4 members (excludes halogenated alkanes) is 9. The number of rotatable bonds is 39. The maximum absolute atomic E-state index is 12.7. The number of hydrogen-bond donors (Lipinski definition) is 1. The Kier molecular flexibility index (Phi) is 38.4. The number of esters is 1. The highest BCUT2D eigenvalue weighted by molar-refractivity contribution is 7.47. The number of allylic oxidation sites excluding steroid dienone is 16. The van der Waals surface area contributed by atoms with Gasteiger partial charge in [0.2, 0.25) is 0 Å². The van der Waals surface area contributed by atoms with E-state index in [9.17, 15) is 14.3 Å². The monoisotopic (exact) mass is 817 g/mol. The molecule has 2 unspecified atom stereocenters. The van der Waals surface area contributed by atoms with Crippen LogP contribution < -0.4 is 0 Å². The molecule has 0 aliphatic heterocycles. The molecule has 2 atom stereocenters. The lowest BCUT2D eigenvalue weighted by Gasteiger charge is -2.24. The molecule has 0 aromatic carbocycles. The third kappa shape index (κ3) is 44.4. The highest BCUT2D eigenvalue weighted by atomic mass is 31.2. The molecule has 0 aromatic heterocycles. The molecule has 0 fully saturated rings. The van der Waals surface area contributed by atoms with Gasteiger partial charge >= 0.3 is 13.8 Å². The van der Waals surface area contributed by atoms with Crippen molar-refractivity contribution >= 4 is 13.8 Å². The molecule has 0 bridgehead atoms. The lowest BCUT2D eigenvalue weighted by molar-refractivity contribution is -0.870. The minimum absolute atomic E-state index is 0.0709. The van der Waals surface area contributed by atoms with Gasteiger partial charge in [-0.2, -0.15) is 0 Å². The van der Waals surface area contributed by atoms with Gasteiger partial charge in [0.1, 0.15) is 19.3 Å². The first-order valence-corrected chi connectivity index (χ1v) is 23.5.